The van der Waals surface area contributed by atoms with Gasteiger partial charge in [0, 0.05) is 12.8 Å². The van der Waals surface area contributed by atoms with Crippen molar-refractivity contribution in [1.29, 1.82) is 0 Å². The highest BCUT2D eigenvalue weighted by Gasteiger charge is 2.21. The van der Waals surface area contributed by atoms with Crippen LogP contribution in [0.2, 0.25) is 0 Å². The second kappa shape index (κ2) is 31.6. The first-order chi connectivity index (χ1) is 22.6. The molecule has 0 saturated carbocycles. The molecular weight excluding hydrogens is 598 g/mol. The van der Waals surface area contributed by atoms with Crippen molar-refractivity contribution in [2.45, 2.75) is 180 Å². The number of unbranched alkanes of at least 4 members (excludes halogenated alkanes) is 20. The molecule has 0 heterocycles. The Balaban J connectivity index is 4.39. The average molecular weight is 672 g/mol. The van der Waals surface area contributed by atoms with Crippen molar-refractivity contribution in [2.75, 3.05) is 47.5 Å². The van der Waals surface area contributed by atoms with Crippen LogP contribution in [0, 0.1) is 0 Å². The lowest BCUT2D eigenvalue weighted by Gasteiger charge is -2.26. The van der Waals surface area contributed by atoms with E-state index in [1.165, 1.54) is 96.3 Å². The number of esters is 2. The lowest BCUT2D eigenvalue weighted by atomic mass is 10.0. The minimum absolute atomic E-state index is 0.152. The number of quaternary nitrogens is 1. The van der Waals surface area contributed by atoms with Crippen LogP contribution in [0.5, 0.6) is 0 Å². The van der Waals surface area contributed by atoms with Crippen molar-refractivity contribution in [2.24, 2.45) is 0 Å². The molecule has 0 spiro atoms. The van der Waals surface area contributed by atoms with Crippen molar-refractivity contribution < 1.29 is 42.9 Å². The van der Waals surface area contributed by atoms with E-state index < -0.39 is 24.3 Å². The van der Waals surface area contributed by atoms with Crippen LogP contribution in [0.25, 0.3) is 0 Å². The van der Waals surface area contributed by atoms with Gasteiger partial charge in [0.25, 0.3) is 0 Å². The number of aliphatic carboxylic acids is 1. The van der Waals surface area contributed by atoms with Gasteiger partial charge in [-0.15, -0.1) is 0 Å². The van der Waals surface area contributed by atoms with Gasteiger partial charge in [-0.25, -0.2) is 0 Å². The minimum atomic E-state index is -1.61. The molecule has 0 fully saturated rings. The fourth-order valence-electron chi connectivity index (χ4n) is 5.30. The number of carboxylic acids is 1. The first kappa shape index (κ1) is 45.3. The summed E-state index contributed by atoms with van der Waals surface area (Å²) in [6, 6.07) is 0. The van der Waals surface area contributed by atoms with E-state index in [1.807, 2.05) is 21.1 Å². The first-order valence-corrected chi connectivity index (χ1v) is 19.2. The van der Waals surface area contributed by atoms with Gasteiger partial charge < -0.3 is 33.3 Å². The number of ether oxygens (including phenoxy) is 4. The van der Waals surface area contributed by atoms with E-state index in [1.54, 1.807) is 0 Å². The van der Waals surface area contributed by atoms with Crippen LogP contribution in [-0.2, 0) is 33.3 Å². The molecule has 0 aromatic carbocycles. The zero-order valence-electron chi connectivity index (χ0n) is 31.2. The van der Waals surface area contributed by atoms with Crippen LogP contribution < -0.4 is 5.11 Å². The first-order valence-electron chi connectivity index (χ1n) is 19.2. The van der Waals surface area contributed by atoms with Crippen molar-refractivity contribution in [3.8, 4) is 0 Å². The molecule has 0 N–H and O–H groups in total. The molecule has 0 aliphatic carbocycles. The van der Waals surface area contributed by atoms with Gasteiger partial charge in [-0.3, -0.25) is 9.59 Å². The normalized spacial score (nSPS) is 13.0. The predicted octanol–water partition coefficient (Wildman–Crippen LogP) is 7.66. The van der Waals surface area contributed by atoms with Crippen LogP contribution in [0.1, 0.15) is 168 Å². The van der Waals surface area contributed by atoms with Crippen LogP contribution in [-0.4, -0.2) is 82.3 Å². The molecule has 0 aliphatic heterocycles. The standard InChI is InChI=1S/C38H73NO8/c1-6-8-10-12-14-15-16-17-18-19-20-21-22-23-25-27-29-36(41)47-34(32-45-35(40)28-26-24-13-11-9-7-2)33-46-38(37(42)43)44-31-30-39(3,4)5/h34,38H,6-33H2,1-5H3. The summed E-state index contributed by atoms with van der Waals surface area (Å²) < 4.78 is 22.3. The Kier molecular flexibility index (Phi) is 30.4. The molecule has 0 aliphatic rings. The maximum Gasteiger partial charge on any atom is 0.306 e. The maximum absolute atomic E-state index is 12.6. The summed E-state index contributed by atoms with van der Waals surface area (Å²) in [6.45, 7) is 4.67. The largest absolute Gasteiger partial charge is 0.545 e. The van der Waals surface area contributed by atoms with Crippen LogP contribution in [0.4, 0.5) is 0 Å². The number of rotatable bonds is 35. The van der Waals surface area contributed by atoms with Gasteiger partial charge >= 0.3 is 11.9 Å². The fraction of sp³-hybridized carbons (Fsp3) is 0.921. The minimum Gasteiger partial charge on any atom is -0.545 e. The second-order valence-corrected chi connectivity index (χ2v) is 14.2. The molecule has 47 heavy (non-hydrogen) atoms. The quantitative estimate of drug-likeness (QED) is 0.0292. The SMILES string of the molecule is CCCCCCCCCCCCCCCCCCC(=O)OC(COC(=O)CCCCCCCC)COC(OCC[N+](C)(C)C)C(=O)[O-]. The van der Waals surface area contributed by atoms with Gasteiger partial charge in [-0.05, 0) is 12.8 Å². The highest BCUT2D eigenvalue weighted by atomic mass is 16.7. The number of hydrogen-bond acceptors (Lipinski definition) is 8. The highest BCUT2D eigenvalue weighted by molar-refractivity contribution is 5.70. The molecule has 0 aromatic rings. The number of carbonyl (C=O) groups excluding carboxylic acids is 3. The Morgan fingerprint density at radius 1 is 0.553 bits per heavy atom. The fourth-order valence-corrected chi connectivity index (χ4v) is 5.30. The van der Waals surface area contributed by atoms with Gasteiger partial charge in [-0.1, -0.05) is 142 Å². The molecule has 0 bridgehead atoms. The van der Waals surface area contributed by atoms with E-state index >= 15 is 0 Å². The van der Waals surface area contributed by atoms with E-state index in [-0.39, 0.29) is 32.2 Å². The summed E-state index contributed by atoms with van der Waals surface area (Å²) in [5.74, 6) is -2.29. The smallest absolute Gasteiger partial charge is 0.306 e. The Bertz CT molecular complexity index is 754. The summed E-state index contributed by atoms with van der Waals surface area (Å²) in [5, 5.41) is 11.6. The lowest BCUT2D eigenvalue weighted by Crippen LogP contribution is -2.44. The van der Waals surface area contributed by atoms with Crippen LogP contribution >= 0.6 is 0 Å². The number of carboxylic acid groups (broad SMARTS) is 1. The Morgan fingerprint density at radius 3 is 1.36 bits per heavy atom. The summed E-state index contributed by atoms with van der Waals surface area (Å²) in [6.07, 6.45) is 24.4. The third-order valence-electron chi connectivity index (χ3n) is 8.35. The third kappa shape index (κ3) is 32.6. The number of likely N-dealkylation sites (N-methyl/N-ethyl adjacent to an activating group) is 1. The molecule has 0 aromatic heterocycles. The summed E-state index contributed by atoms with van der Waals surface area (Å²) >= 11 is 0. The van der Waals surface area contributed by atoms with Crippen molar-refractivity contribution in [3.63, 3.8) is 0 Å². The van der Waals surface area contributed by atoms with Crippen LogP contribution in [0.3, 0.4) is 0 Å². The highest BCUT2D eigenvalue weighted by Crippen LogP contribution is 2.15. The maximum atomic E-state index is 12.6. The molecule has 9 nitrogen and oxygen atoms in total. The zero-order valence-corrected chi connectivity index (χ0v) is 31.2. The number of nitrogens with zero attached hydrogens (tertiary/aromatic N) is 1. The van der Waals surface area contributed by atoms with E-state index in [0.29, 0.717) is 17.4 Å². The van der Waals surface area contributed by atoms with E-state index in [4.69, 9.17) is 18.9 Å². The molecule has 0 amide bonds. The van der Waals surface area contributed by atoms with Crippen LogP contribution in [0.15, 0.2) is 0 Å². The summed E-state index contributed by atoms with van der Waals surface area (Å²) in [5.41, 5.74) is 0. The predicted molar refractivity (Wildman–Crippen MR) is 187 cm³/mol. The van der Waals surface area contributed by atoms with E-state index in [0.717, 1.165) is 44.9 Å². The van der Waals surface area contributed by atoms with Crippen molar-refractivity contribution in [1.82, 2.24) is 0 Å². The summed E-state index contributed by atoms with van der Waals surface area (Å²) in [4.78, 5) is 36.5. The molecule has 0 saturated heterocycles. The van der Waals surface area contributed by atoms with E-state index in [9.17, 15) is 19.5 Å². The molecule has 9 heteroatoms. The number of carbonyl (C=O) groups is 3. The Labute approximate surface area is 288 Å². The van der Waals surface area contributed by atoms with Crippen molar-refractivity contribution >= 4 is 17.9 Å². The van der Waals surface area contributed by atoms with E-state index in [2.05, 4.69) is 13.8 Å². The molecule has 2 unspecified atom stereocenters. The third-order valence-corrected chi connectivity index (χ3v) is 8.35. The Hall–Kier alpha value is -1.71. The van der Waals surface area contributed by atoms with Gasteiger partial charge in [0.05, 0.1) is 40.3 Å². The van der Waals surface area contributed by atoms with Gasteiger partial charge in [0.2, 0.25) is 0 Å². The zero-order chi connectivity index (χ0) is 35.0. The van der Waals surface area contributed by atoms with Gasteiger partial charge in [-0.2, -0.15) is 0 Å². The second-order valence-electron chi connectivity index (χ2n) is 14.2. The molecule has 0 rings (SSSR count). The Morgan fingerprint density at radius 2 is 0.957 bits per heavy atom. The lowest BCUT2D eigenvalue weighted by molar-refractivity contribution is -0.870. The molecule has 2 atom stereocenters. The topological polar surface area (TPSA) is 111 Å². The number of hydrogen-bond donors (Lipinski definition) is 0. The van der Waals surface area contributed by atoms with Gasteiger partial charge in [0.15, 0.2) is 12.4 Å². The molecule has 0 radical (unpaired) electrons. The van der Waals surface area contributed by atoms with Gasteiger partial charge in [0.1, 0.15) is 13.2 Å². The monoisotopic (exact) mass is 672 g/mol. The summed E-state index contributed by atoms with van der Waals surface area (Å²) in [7, 11) is 5.89. The van der Waals surface area contributed by atoms with Crippen molar-refractivity contribution in [3.05, 3.63) is 0 Å². The average Bonchev–Trinajstić information content (AvgIpc) is 3.02. The molecule has 278 valence electrons. The molecular formula is C38H73NO8.